The van der Waals surface area contributed by atoms with Gasteiger partial charge in [-0.05, 0) is 49.9 Å². The zero-order valence-corrected chi connectivity index (χ0v) is 15.8. The summed E-state index contributed by atoms with van der Waals surface area (Å²) < 4.78 is 26.5. The summed E-state index contributed by atoms with van der Waals surface area (Å²) in [6, 6.07) is 6.31. The van der Waals surface area contributed by atoms with E-state index in [1.54, 1.807) is 12.1 Å². The Balaban J connectivity index is 1.77. The van der Waals surface area contributed by atoms with Crippen LogP contribution in [0.4, 0.5) is 0 Å². The van der Waals surface area contributed by atoms with E-state index in [1.165, 1.54) is 16.4 Å². The molecule has 3 rings (SSSR count). The summed E-state index contributed by atoms with van der Waals surface area (Å²) in [5.74, 6) is -0.347. The summed E-state index contributed by atoms with van der Waals surface area (Å²) >= 11 is 0. The van der Waals surface area contributed by atoms with Crippen LogP contribution in [0.25, 0.3) is 0 Å². The highest BCUT2D eigenvalue weighted by atomic mass is 32.2. The van der Waals surface area contributed by atoms with Crippen LogP contribution in [0.15, 0.2) is 29.2 Å². The van der Waals surface area contributed by atoms with Crippen molar-refractivity contribution in [2.45, 2.75) is 43.5 Å². The Morgan fingerprint density at radius 1 is 1.19 bits per heavy atom. The monoisotopic (exact) mass is 379 g/mol. The molecular formula is C18H25N3O4S. The van der Waals surface area contributed by atoms with Gasteiger partial charge in [-0.15, -0.1) is 0 Å². The second-order valence-corrected chi connectivity index (χ2v) is 8.71. The van der Waals surface area contributed by atoms with Gasteiger partial charge in [-0.25, -0.2) is 8.42 Å². The molecule has 2 aliphatic heterocycles. The number of piperazine rings is 1. The Labute approximate surface area is 154 Å². The van der Waals surface area contributed by atoms with Crippen LogP contribution in [0.1, 0.15) is 43.0 Å². The van der Waals surface area contributed by atoms with Crippen LogP contribution in [-0.2, 0) is 14.8 Å². The molecule has 0 aliphatic carbocycles. The Hall–Kier alpha value is -1.93. The molecule has 2 saturated heterocycles. The molecular weight excluding hydrogens is 354 g/mol. The fourth-order valence-corrected chi connectivity index (χ4v) is 4.99. The van der Waals surface area contributed by atoms with Crippen LogP contribution >= 0.6 is 0 Å². The molecule has 2 fully saturated rings. The van der Waals surface area contributed by atoms with Gasteiger partial charge < -0.3 is 10.2 Å². The summed E-state index contributed by atoms with van der Waals surface area (Å²) in [5, 5.41) is 2.61. The third-order valence-electron chi connectivity index (χ3n) is 5.10. The predicted molar refractivity (Wildman–Crippen MR) is 97.2 cm³/mol. The van der Waals surface area contributed by atoms with E-state index >= 15 is 0 Å². The number of carbonyl (C=O) groups is 2. The number of hydrogen-bond donors (Lipinski definition) is 1. The maximum Gasteiger partial charge on any atom is 0.254 e. The number of hydrogen-bond acceptors (Lipinski definition) is 4. The van der Waals surface area contributed by atoms with Gasteiger partial charge >= 0.3 is 0 Å². The average Bonchev–Trinajstić information content (AvgIpc) is 2.67. The SMILES string of the molecule is CC[C@H]1CCCCN1C(=O)c1ccc(S(=O)(=O)N2CCNC(=O)C2)cc1. The molecule has 26 heavy (non-hydrogen) atoms. The molecule has 0 aromatic heterocycles. The molecule has 1 N–H and O–H groups in total. The topological polar surface area (TPSA) is 86.8 Å². The molecule has 1 atom stereocenters. The number of likely N-dealkylation sites (tertiary alicyclic amines) is 1. The molecule has 2 aliphatic rings. The molecule has 0 unspecified atom stereocenters. The number of carbonyl (C=O) groups excluding carboxylic acids is 2. The van der Waals surface area contributed by atoms with Crippen LogP contribution < -0.4 is 5.32 Å². The van der Waals surface area contributed by atoms with Gasteiger partial charge in [0.05, 0.1) is 11.4 Å². The zero-order chi connectivity index (χ0) is 18.7. The molecule has 142 valence electrons. The molecule has 2 heterocycles. The van der Waals surface area contributed by atoms with E-state index in [-0.39, 0.29) is 35.8 Å². The van der Waals surface area contributed by atoms with Crippen LogP contribution in [0, 0.1) is 0 Å². The summed E-state index contributed by atoms with van der Waals surface area (Å²) in [5.41, 5.74) is 0.501. The molecule has 0 saturated carbocycles. The number of sulfonamides is 1. The largest absolute Gasteiger partial charge is 0.354 e. The van der Waals surface area contributed by atoms with Crippen molar-refractivity contribution in [2.24, 2.45) is 0 Å². The number of nitrogens with one attached hydrogen (secondary N) is 1. The molecule has 0 spiro atoms. The summed E-state index contributed by atoms with van der Waals surface area (Å²) in [4.78, 5) is 26.3. The third kappa shape index (κ3) is 3.76. The lowest BCUT2D eigenvalue weighted by Crippen LogP contribution is -2.49. The minimum atomic E-state index is -3.73. The van der Waals surface area contributed by atoms with Crippen molar-refractivity contribution < 1.29 is 18.0 Å². The van der Waals surface area contributed by atoms with Crippen molar-refractivity contribution in [1.29, 1.82) is 0 Å². The predicted octanol–water partition coefficient (Wildman–Crippen LogP) is 1.21. The third-order valence-corrected chi connectivity index (χ3v) is 6.96. The highest BCUT2D eigenvalue weighted by Gasteiger charge is 2.30. The number of amides is 2. The van der Waals surface area contributed by atoms with Crippen molar-refractivity contribution in [1.82, 2.24) is 14.5 Å². The first kappa shape index (κ1) is 18.8. The van der Waals surface area contributed by atoms with Crippen LogP contribution in [-0.4, -0.2) is 61.7 Å². The molecule has 0 radical (unpaired) electrons. The summed E-state index contributed by atoms with van der Waals surface area (Å²) in [7, 11) is -3.73. The van der Waals surface area contributed by atoms with Gasteiger partial charge in [0.2, 0.25) is 15.9 Å². The number of benzene rings is 1. The lowest BCUT2D eigenvalue weighted by atomic mass is 9.99. The van der Waals surface area contributed by atoms with Crippen LogP contribution in [0.2, 0.25) is 0 Å². The number of nitrogens with zero attached hydrogens (tertiary/aromatic N) is 2. The highest BCUT2D eigenvalue weighted by Crippen LogP contribution is 2.23. The molecule has 8 heteroatoms. The van der Waals surface area contributed by atoms with Crippen molar-refractivity contribution in [3.63, 3.8) is 0 Å². The van der Waals surface area contributed by atoms with Crippen LogP contribution in [0.5, 0.6) is 0 Å². The van der Waals surface area contributed by atoms with Crippen molar-refractivity contribution in [2.75, 3.05) is 26.2 Å². The zero-order valence-electron chi connectivity index (χ0n) is 15.0. The fraction of sp³-hybridized carbons (Fsp3) is 0.556. The van der Waals surface area contributed by atoms with Gasteiger partial charge in [-0.2, -0.15) is 4.31 Å². The minimum Gasteiger partial charge on any atom is -0.354 e. The lowest BCUT2D eigenvalue weighted by Gasteiger charge is -2.35. The van der Waals surface area contributed by atoms with Crippen molar-refractivity contribution >= 4 is 21.8 Å². The fourth-order valence-electron chi connectivity index (χ4n) is 3.60. The van der Waals surface area contributed by atoms with E-state index in [0.29, 0.717) is 12.1 Å². The first-order valence-electron chi connectivity index (χ1n) is 9.11. The van der Waals surface area contributed by atoms with E-state index in [2.05, 4.69) is 12.2 Å². The van der Waals surface area contributed by atoms with Gasteiger partial charge in [0.15, 0.2) is 0 Å². The minimum absolute atomic E-state index is 0.0437. The van der Waals surface area contributed by atoms with E-state index < -0.39 is 10.0 Å². The van der Waals surface area contributed by atoms with Crippen LogP contribution in [0.3, 0.4) is 0 Å². The molecule has 0 bridgehead atoms. The van der Waals surface area contributed by atoms with Gasteiger partial charge in [0, 0.05) is 31.2 Å². The molecule has 1 aromatic carbocycles. The van der Waals surface area contributed by atoms with E-state index in [4.69, 9.17) is 0 Å². The maximum atomic E-state index is 12.8. The standard InChI is InChI=1S/C18H25N3O4S/c1-2-15-5-3-4-11-21(15)18(23)14-6-8-16(9-7-14)26(24,25)20-12-10-19-17(22)13-20/h6-9,15H,2-5,10-13H2,1H3,(H,19,22)/t15-/m0/s1. The number of piperidine rings is 1. The quantitative estimate of drug-likeness (QED) is 0.852. The smallest absolute Gasteiger partial charge is 0.254 e. The first-order chi connectivity index (χ1) is 12.4. The normalized spacial score (nSPS) is 22.1. The first-order valence-corrected chi connectivity index (χ1v) is 10.6. The van der Waals surface area contributed by atoms with Gasteiger partial charge in [0.1, 0.15) is 0 Å². The molecule has 7 nitrogen and oxygen atoms in total. The average molecular weight is 379 g/mol. The van der Waals surface area contributed by atoms with E-state index in [9.17, 15) is 18.0 Å². The Bertz CT molecular complexity index is 776. The Morgan fingerprint density at radius 3 is 2.58 bits per heavy atom. The van der Waals surface area contributed by atoms with E-state index in [1.807, 2.05) is 4.90 Å². The van der Waals surface area contributed by atoms with E-state index in [0.717, 1.165) is 32.2 Å². The van der Waals surface area contributed by atoms with Crippen molar-refractivity contribution in [3.05, 3.63) is 29.8 Å². The molecule has 1 aromatic rings. The highest BCUT2D eigenvalue weighted by molar-refractivity contribution is 7.89. The lowest BCUT2D eigenvalue weighted by molar-refractivity contribution is -0.122. The van der Waals surface area contributed by atoms with Gasteiger partial charge in [0.25, 0.3) is 5.91 Å². The Kier molecular flexibility index (Phi) is 5.62. The van der Waals surface area contributed by atoms with Crippen molar-refractivity contribution in [3.8, 4) is 0 Å². The van der Waals surface area contributed by atoms with Gasteiger partial charge in [-0.3, -0.25) is 9.59 Å². The summed E-state index contributed by atoms with van der Waals surface area (Å²) in [6.45, 7) is 3.22. The summed E-state index contributed by atoms with van der Waals surface area (Å²) in [6.07, 6.45) is 4.09. The number of rotatable bonds is 4. The second-order valence-electron chi connectivity index (χ2n) is 6.77. The maximum absolute atomic E-state index is 12.8. The molecule has 2 amide bonds. The second kappa shape index (κ2) is 7.75. The Morgan fingerprint density at radius 2 is 1.92 bits per heavy atom. The van der Waals surface area contributed by atoms with Gasteiger partial charge in [-0.1, -0.05) is 6.92 Å².